The first-order valence-electron chi connectivity index (χ1n) is 6.21. The number of likely N-dealkylation sites (tertiary alicyclic amines) is 1. The van der Waals surface area contributed by atoms with Gasteiger partial charge in [0, 0.05) is 25.0 Å². The maximum Gasteiger partial charge on any atom is 0.0575 e. The van der Waals surface area contributed by atoms with E-state index in [1.165, 1.54) is 19.5 Å². The van der Waals surface area contributed by atoms with Gasteiger partial charge >= 0.3 is 0 Å². The van der Waals surface area contributed by atoms with Crippen molar-refractivity contribution in [3.05, 3.63) is 0 Å². The number of aliphatic hydroxyl groups excluding tert-OH is 1. The van der Waals surface area contributed by atoms with Crippen molar-refractivity contribution in [1.82, 2.24) is 4.90 Å². The molecule has 2 heteroatoms. The summed E-state index contributed by atoms with van der Waals surface area (Å²) in [6.45, 7) is 14.3. The third-order valence-electron chi connectivity index (χ3n) is 3.71. The van der Waals surface area contributed by atoms with E-state index in [-0.39, 0.29) is 11.5 Å². The lowest BCUT2D eigenvalue weighted by molar-refractivity contribution is 0.0158. The summed E-state index contributed by atoms with van der Waals surface area (Å²) < 4.78 is 0. The molecule has 90 valence electrons. The number of piperidine rings is 1. The normalized spacial score (nSPS) is 31.6. The van der Waals surface area contributed by atoms with E-state index in [0.29, 0.717) is 0 Å². The minimum atomic E-state index is -0.231. The van der Waals surface area contributed by atoms with Gasteiger partial charge in [-0.2, -0.15) is 0 Å². The maximum atomic E-state index is 9.72. The second-order valence-corrected chi connectivity index (χ2v) is 6.30. The fraction of sp³-hybridized carbons (Fsp3) is 1.00. The van der Waals surface area contributed by atoms with E-state index in [4.69, 9.17) is 0 Å². The van der Waals surface area contributed by atoms with E-state index < -0.39 is 0 Å². The quantitative estimate of drug-likeness (QED) is 0.778. The van der Waals surface area contributed by atoms with Gasteiger partial charge in [0.15, 0.2) is 0 Å². The Kier molecular flexibility index (Phi) is 4.19. The van der Waals surface area contributed by atoms with Gasteiger partial charge in [-0.25, -0.2) is 0 Å². The molecule has 3 unspecified atom stereocenters. The van der Waals surface area contributed by atoms with E-state index >= 15 is 0 Å². The zero-order valence-corrected chi connectivity index (χ0v) is 11.0. The lowest BCUT2D eigenvalue weighted by Crippen LogP contribution is -2.46. The van der Waals surface area contributed by atoms with Crippen LogP contribution in [0.3, 0.4) is 0 Å². The number of rotatable bonds is 3. The second kappa shape index (κ2) is 4.84. The number of nitrogens with zero attached hydrogens (tertiary/aromatic N) is 1. The average molecular weight is 213 g/mol. The Morgan fingerprint density at radius 2 is 1.73 bits per heavy atom. The van der Waals surface area contributed by atoms with Crippen LogP contribution in [0.25, 0.3) is 0 Å². The summed E-state index contributed by atoms with van der Waals surface area (Å²) >= 11 is 0. The first-order chi connectivity index (χ1) is 6.81. The predicted octanol–water partition coefficient (Wildman–Crippen LogP) is 2.37. The van der Waals surface area contributed by atoms with Gasteiger partial charge in [0.05, 0.1) is 6.10 Å². The van der Waals surface area contributed by atoms with Gasteiger partial charge in [-0.1, -0.05) is 27.7 Å². The van der Waals surface area contributed by atoms with Crippen molar-refractivity contribution in [3.8, 4) is 0 Å². The zero-order chi connectivity index (χ0) is 11.6. The largest absolute Gasteiger partial charge is 0.393 e. The third kappa shape index (κ3) is 3.76. The first kappa shape index (κ1) is 13.0. The molecule has 0 amide bonds. The predicted molar refractivity (Wildman–Crippen MR) is 64.8 cm³/mol. The highest BCUT2D eigenvalue weighted by Crippen LogP contribution is 2.27. The molecule has 1 aliphatic rings. The van der Waals surface area contributed by atoms with Gasteiger partial charge in [0.1, 0.15) is 0 Å². The Balaban J connectivity index is 2.50. The van der Waals surface area contributed by atoms with Crippen molar-refractivity contribution in [1.29, 1.82) is 0 Å². The molecule has 0 saturated carbocycles. The molecule has 0 aromatic carbocycles. The van der Waals surface area contributed by atoms with Crippen molar-refractivity contribution in [3.63, 3.8) is 0 Å². The van der Waals surface area contributed by atoms with Gasteiger partial charge in [-0.15, -0.1) is 0 Å². The van der Waals surface area contributed by atoms with Crippen molar-refractivity contribution >= 4 is 0 Å². The smallest absolute Gasteiger partial charge is 0.0575 e. The van der Waals surface area contributed by atoms with Crippen molar-refractivity contribution < 1.29 is 5.11 Å². The molecule has 0 bridgehead atoms. The standard InChI is InChI=1S/C13H27NO/c1-10-6-11(2)8-14(7-10)9-13(4,5)12(3)15/h10-12,15H,6-9H2,1-5H3. The Hall–Kier alpha value is -0.0800. The summed E-state index contributed by atoms with van der Waals surface area (Å²) in [5.74, 6) is 1.61. The van der Waals surface area contributed by atoms with Crippen molar-refractivity contribution in [2.75, 3.05) is 19.6 Å². The summed E-state index contributed by atoms with van der Waals surface area (Å²) in [4.78, 5) is 2.52. The van der Waals surface area contributed by atoms with Crippen LogP contribution in [0.15, 0.2) is 0 Å². The van der Waals surface area contributed by atoms with E-state index in [9.17, 15) is 5.11 Å². The minimum Gasteiger partial charge on any atom is -0.393 e. The van der Waals surface area contributed by atoms with Gasteiger partial charge < -0.3 is 10.0 Å². The Labute approximate surface area is 94.7 Å². The Morgan fingerprint density at radius 1 is 1.27 bits per heavy atom. The van der Waals surface area contributed by atoms with Crippen LogP contribution in [-0.2, 0) is 0 Å². The first-order valence-corrected chi connectivity index (χ1v) is 6.21. The van der Waals surface area contributed by atoms with Crippen LogP contribution in [0.2, 0.25) is 0 Å². The van der Waals surface area contributed by atoms with Crippen LogP contribution < -0.4 is 0 Å². The summed E-state index contributed by atoms with van der Waals surface area (Å²) in [5.41, 5.74) is 0.0107. The van der Waals surface area contributed by atoms with E-state index in [2.05, 4.69) is 32.6 Å². The molecular weight excluding hydrogens is 186 g/mol. The fourth-order valence-electron chi connectivity index (χ4n) is 2.63. The Bertz CT molecular complexity index is 191. The van der Waals surface area contributed by atoms with Crippen LogP contribution in [-0.4, -0.2) is 35.7 Å². The molecule has 15 heavy (non-hydrogen) atoms. The van der Waals surface area contributed by atoms with Gasteiger partial charge in [0.25, 0.3) is 0 Å². The molecule has 3 atom stereocenters. The molecule has 0 radical (unpaired) electrons. The monoisotopic (exact) mass is 213 g/mol. The molecule has 1 aliphatic heterocycles. The van der Waals surface area contributed by atoms with Crippen molar-refractivity contribution in [2.45, 2.75) is 47.1 Å². The molecule has 0 aliphatic carbocycles. The molecule has 1 N–H and O–H groups in total. The van der Waals surface area contributed by atoms with E-state index in [0.717, 1.165) is 18.4 Å². The van der Waals surface area contributed by atoms with Crippen LogP contribution in [0.1, 0.15) is 41.0 Å². The molecular formula is C13H27NO. The average Bonchev–Trinajstić information content (AvgIpc) is 1.99. The lowest BCUT2D eigenvalue weighted by atomic mass is 9.84. The topological polar surface area (TPSA) is 23.5 Å². The van der Waals surface area contributed by atoms with Crippen molar-refractivity contribution in [2.24, 2.45) is 17.3 Å². The molecule has 2 nitrogen and oxygen atoms in total. The molecule has 0 spiro atoms. The van der Waals surface area contributed by atoms with E-state index in [1.807, 2.05) is 6.92 Å². The highest BCUT2D eigenvalue weighted by atomic mass is 16.3. The minimum absolute atomic E-state index is 0.0107. The number of hydrogen-bond acceptors (Lipinski definition) is 2. The zero-order valence-electron chi connectivity index (χ0n) is 11.0. The SMILES string of the molecule is CC1CC(C)CN(CC(C)(C)C(C)O)C1. The van der Waals surface area contributed by atoms with Crippen LogP contribution in [0.5, 0.6) is 0 Å². The Morgan fingerprint density at radius 3 is 2.13 bits per heavy atom. The summed E-state index contributed by atoms with van der Waals surface area (Å²) in [7, 11) is 0. The third-order valence-corrected chi connectivity index (χ3v) is 3.71. The van der Waals surface area contributed by atoms with Gasteiger partial charge in [-0.3, -0.25) is 0 Å². The highest BCUT2D eigenvalue weighted by molar-refractivity contribution is 4.82. The van der Waals surface area contributed by atoms with Crippen LogP contribution >= 0.6 is 0 Å². The van der Waals surface area contributed by atoms with Crippen LogP contribution in [0.4, 0.5) is 0 Å². The summed E-state index contributed by atoms with van der Waals surface area (Å²) in [5, 5.41) is 9.72. The van der Waals surface area contributed by atoms with Gasteiger partial charge in [0.2, 0.25) is 0 Å². The molecule has 0 aromatic rings. The molecule has 1 saturated heterocycles. The fourth-order valence-corrected chi connectivity index (χ4v) is 2.63. The molecule has 0 aromatic heterocycles. The molecule has 1 rings (SSSR count). The highest BCUT2D eigenvalue weighted by Gasteiger charge is 2.30. The number of hydrogen-bond donors (Lipinski definition) is 1. The summed E-state index contributed by atoms with van der Waals surface area (Å²) in [6, 6.07) is 0. The van der Waals surface area contributed by atoms with E-state index in [1.54, 1.807) is 0 Å². The van der Waals surface area contributed by atoms with Crippen LogP contribution in [0, 0.1) is 17.3 Å². The lowest BCUT2D eigenvalue weighted by Gasteiger charge is -2.40. The second-order valence-electron chi connectivity index (χ2n) is 6.30. The molecule has 1 heterocycles. The molecule has 1 fully saturated rings. The van der Waals surface area contributed by atoms with Gasteiger partial charge in [-0.05, 0) is 25.2 Å². The summed E-state index contributed by atoms with van der Waals surface area (Å²) in [6.07, 6.45) is 1.12. The number of aliphatic hydroxyl groups is 1. The maximum absolute atomic E-state index is 9.72.